The van der Waals surface area contributed by atoms with Crippen LogP contribution in [0.25, 0.3) is 22.3 Å². The zero-order valence-electron chi connectivity index (χ0n) is 25.6. The fourth-order valence-electron chi connectivity index (χ4n) is 5.59. The molecule has 0 spiro atoms. The van der Waals surface area contributed by atoms with Crippen LogP contribution in [0.3, 0.4) is 0 Å². The van der Waals surface area contributed by atoms with Gasteiger partial charge in [0.05, 0.1) is 0 Å². The Balaban J connectivity index is 1.46. The average Bonchev–Trinajstić information content (AvgIpc) is 2.95. The predicted octanol–water partition coefficient (Wildman–Crippen LogP) is 12.2. The second-order valence-electron chi connectivity index (χ2n) is 13.4. The van der Waals surface area contributed by atoms with E-state index in [-0.39, 0.29) is 10.8 Å². The van der Waals surface area contributed by atoms with Crippen molar-refractivity contribution in [3.8, 4) is 22.3 Å². The second kappa shape index (κ2) is 12.2. The SMILES string of the molecule is CC(C)(C)c1ccc(-c2ccccc2Cc2cc(Cl)cc(Cc3ccccc3-c3ccc(C(C)(C)C)cc3)c2Br)cc1. The summed E-state index contributed by atoms with van der Waals surface area (Å²) in [5, 5.41) is 0.766. The van der Waals surface area contributed by atoms with Crippen LogP contribution in [0.5, 0.6) is 0 Å². The molecule has 0 bridgehead atoms. The van der Waals surface area contributed by atoms with E-state index in [1.807, 2.05) is 0 Å². The third-order valence-corrected chi connectivity index (χ3v) is 9.35. The van der Waals surface area contributed by atoms with E-state index in [2.05, 4.69) is 167 Å². The third kappa shape index (κ3) is 6.91. The first-order valence-corrected chi connectivity index (χ1v) is 15.9. The molecule has 0 unspecified atom stereocenters. The van der Waals surface area contributed by atoms with Crippen LogP contribution < -0.4 is 0 Å². The molecule has 0 radical (unpaired) electrons. The van der Waals surface area contributed by atoms with Gasteiger partial charge in [0, 0.05) is 9.50 Å². The minimum Gasteiger partial charge on any atom is -0.0843 e. The van der Waals surface area contributed by atoms with E-state index in [0.717, 1.165) is 22.3 Å². The normalized spacial score (nSPS) is 12.0. The van der Waals surface area contributed by atoms with Crippen LogP contribution in [-0.2, 0) is 23.7 Å². The van der Waals surface area contributed by atoms with E-state index < -0.39 is 0 Å². The standard InChI is InChI=1S/C40H40BrCl/c1-39(2,3)33-19-15-27(16-20-33)36-13-9-7-11-29(36)23-31-25-35(42)26-32(38(31)41)24-30-12-8-10-14-37(30)28-17-21-34(22-18-28)40(4,5)6/h7-22,25-26H,23-24H2,1-6H3. The molecule has 42 heavy (non-hydrogen) atoms. The molecule has 0 saturated heterocycles. The summed E-state index contributed by atoms with van der Waals surface area (Å²) in [5.41, 5.74) is 12.9. The molecule has 0 aliphatic rings. The van der Waals surface area contributed by atoms with E-state index in [1.54, 1.807) is 0 Å². The first kappa shape index (κ1) is 30.3. The van der Waals surface area contributed by atoms with Crippen molar-refractivity contribution in [3.63, 3.8) is 0 Å². The summed E-state index contributed by atoms with van der Waals surface area (Å²) in [6.07, 6.45) is 1.59. The topological polar surface area (TPSA) is 0 Å². The van der Waals surface area contributed by atoms with Crippen LogP contribution in [0.4, 0.5) is 0 Å². The summed E-state index contributed by atoms with van der Waals surface area (Å²) in [6.45, 7) is 13.5. The summed E-state index contributed by atoms with van der Waals surface area (Å²) in [6, 6.07) is 39.7. The molecular weight excluding hydrogens is 596 g/mol. The van der Waals surface area contributed by atoms with Crippen molar-refractivity contribution in [1.29, 1.82) is 0 Å². The zero-order valence-corrected chi connectivity index (χ0v) is 27.9. The number of benzene rings is 5. The fourth-order valence-corrected chi connectivity index (χ4v) is 6.36. The van der Waals surface area contributed by atoms with Gasteiger partial charge in [-0.1, -0.05) is 166 Å². The highest BCUT2D eigenvalue weighted by Crippen LogP contribution is 2.35. The maximum absolute atomic E-state index is 6.77. The lowest BCUT2D eigenvalue weighted by Crippen LogP contribution is -2.10. The lowest BCUT2D eigenvalue weighted by atomic mass is 9.85. The van der Waals surface area contributed by atoms with Crippen molar-refractivity contribution in [2.75, 3.05) is 0 Å². The number of rotatable bonds is 6. The Morgan fingerprint density at radius 3 is 1.21 bits per heavy atom. The van der Waals surface area contributed by atoms with Gasteiger partial charge in [-0.05, 0) is 91.4 Å². The Bertz CT molecular complexity index is 1560. The lowest BCUT2D eigenvalue weighted by molar-refractivity contribution is 0.590. The molecule has 0 N–H and O–H groups in total. The Hall–Kier alpha value is -3.13. The van der Waals surface area contributed by atoms with Gasteiger partial charge in [-0.2, -0.15) is 0 Å². The van der Waals surface area contributed by atoms with Crippen molar-refractivity contribution in [2.45, 2.75) is 65.2 Å². The van der Waals surface area contributed by atoms with Crippen molar-refractivity contribution in [3.05, 3.63) is 152 Å². The highest BCUT2D eigenvalue weighted by Gasteiger charge is 2.17. The van der Waals surface area contributed by atoms with Crippen molar-refractivity contribution in [1.82, 2.24) is 0 Å². The van der Waals surface area contributed by atoms with Gasteiger partial charge in [0.1, 0.15) is 0 Å². The van der Waals surface area contributed by atoms with Crippen LogP contribution in [0, 0.1) is 0 Å². The molecule has 0 aliphatic heterocycles. The molecule has 0 amide bonds. The van der Waals surface area contributed by atoms with E-state index in [9.17, 15) is 0 Å². The third-order valence-electron chi connectivity index (χ3n) is 8.11. The van der Waals surface area contributed by atoms with Gasteiger partial charge in [0.15, 0.2) is 0 Å². The highest BCUT2D eigenvalue weighted by atomic mass is 79.9. The van der Waals surface area contributed by atoms with Crippen LogP contribution in [0.1, 0.15) is 74.9 Å². The minimum absolute atomic E-state index is 0.134. The molecule has 0 heterocycles. The molecule has 0 atom stereocenters. The molecule has 5 aromatic carbocycles. The first-order chi connectivity index (χ1) is 19.9. The lowest BCUT2D eigenvalue weighted by Gasteiger charge is -2.20. The first-order valence-electron chi connectivity index (χ1n) is 14.7. The zero-order chi connectivity index (χ0) is 30.1. The number of hydrogen-bond donors (Lipinski definition) is 0. The van der Waals surface area contributed by atoms with E-state index in [1.165, 1.54) is 55.6 Å². The minimum atomic E-state index is 0.134. The maximum atomic E-state index is 6.77. The molecule has 0 saturated carbocycles. The Kier molecular flexibility index (Phi) is 8.83. The van der Waals surface area contributed by atoms with E-state index in [0.29, 0.717) is 0 Å². The Morgan fingerprint density at radius 2 is 0.857 bits per heavy atom. The molecule has 0 aliphatic carbocycles. The fraction of sp³-hybridized carbons (Fsp3) is 0.250. The molecule has 214 valence electrons. The van der Waals surface area contributed by atoms with E-state index in [4.69, 9.17) is 11.6 Å². The van der Waals surface area contributed by atoms with Gasteiger partial charge in [-0.25, -0.2) is 0 Å². The molecule has 0 aromatic heterocycles. The van der Waals surface area contributed by atoms with Gasteiger partial charge in [0.25, 0.3) is 0 Å². The van der Waals surface area contributed by atoms with Crippen molar-refractivity contribution < 1.29 is 0 Å². The quantitative estimate of drug-likeness (QED) is 0.174. The van der Waals surface area contributed by atoms with Crippen LogP contribution in [0.15, 0.2) is 114 Å². The molecule has 0 nitrogen and oxygen atoms in total. The maximum Gasteiger partial charge on any atom is 0.0412 e. The summed E-state index contributed by atoms with van der Waals surface area (Å²) in [5.74, 6) is 0. The smallest absolute Gasteiger partial charge is 0.0412 e. The van der Waals surface area contributed by atoms with Gasteiger partial charge in [0.2, 0.25) is 0 Å². The number of hydrogen-bond acceptors (Lipinski definition) is 0. The van der Waals surface area contributed by atoms with Crippen molar-refractivity contribution in [2.24, 2.45) is 0 Å². The molecule has 2 heteroatoms. The molecular formula is C40H40BrCl. The predicted molar refractivity (Wildman–Crippen MR) is 186 cm³/mol. The monoisotopic (exact) mass is 634 g/mol. The summed E-state index contributed by atoms with van der Waals surface area (Å²) >= 11 is 10.8. The van der Waals surface area contributed by atoms with Crippen LogP contribution in [-0.4, -0.2) is 0 Å². The molecule has 5 aromatic rings. The summed E-state index contributed by atoms with van der Waals surface area (Å²) < 4.78 is 1.13. The van der Waals surface area contributed by atoms with Gasteiger partial charge in [-0.3, -0.25) is 0 Å². The summed E-state index contributed by atoms with van der Waals surface area (Å²) in [7, 11) is 0. The average molecular weight is 636 g/mol. The van der Waals surface area contributed by atoms with Gasteiger partial charge >= 0.3 is 0 Å². The van der Waals surface area contributed by atoms with Crippen LogP contribution >= 0.6 is 27.5 Å². The molecule has 0 fully saturated rings. The largest absolute Gasteiger partial charge is 0.0843 e. The second-order valence-corrected chi connectivity index (χ2v) is 14.6. The Labute approximate surface area is 265 Å². The molecule has 5 rings (SSSR count). The van der Waals surface area contributed by atoms with Gasteiger partial charge < -0.3 is 0 Å². The van der Waals surface area contributed by atoms with Crippen LogP contribution in [0.2, 0.25) is 5.02 Å². The Morgan fingerprint density at radius 1 is 0.500 bits per heavy atom. The summed E-state index contributed by atoms with van der Waals surface area (Å²) in [4.78, 5) is 0. The number of halogens is 2. The van der Waals surface area contributed by atoms with Gasteiger partial charge in [-0.15, -0.1) is 0 Å². The van der Waals surface area contributed by atoms with E-state index >= 15 is 0 Å². The highest BCUT2D eigenvalue weighted by molar-refractivity contribution is 9.10. The van der Waals surface area contributed by atoms with Crippen molar-refractivity contribution >= 4 is 27.5 Å².